The Morgan fingerprint density at radius 3 is 2.67 bits per heavy atom. The summed E-state index contributed by atoms with van der Waals surface area (Å²) >= 11 is 0. The first-order valence-electron chi connectivity index (χ1n) is 10.8. The number of nitrogens with zero attached hydrogens (tertiary/aromatic N) is 2. The maximum atomic E-state index is 12.7. The average Bonchev–Trinajstić information content (AvgIpc) is 3.17. The SMILES string of the molecule is CN1CCCC(c2cccc(C(=O)NCc3ccc(CN4CCNC4=O)cc3)c2)C1. The number of carbonyl (C=O) groups excluding carboxylic acids is 2. The fourth-order valence-electron chi connectivity index (χ4n) is 4.30. The molecular formula is C24H30N4O2. The zero-order valence-electron chi connectivity index (χ0n) is 17.6. The van der Waals surface area contributed by atoms with Gasteiger partial charge in [0.2, 0.25) is 0 Å². The number of piperidine rings is 1. The highest BCUT2D eigenvalue weighted by molar-refractivity contribution is 5.94. The van der Waals surface area contributed by atoms with Gasteiger partial charge in [0.15, 0.2) is 0 Å². The third-order valence-electron chi connectivity index (χ3n) is 6.04. The van der Waals surface area contributed by atoms with Gasteiger partial charge in [-0.2, -0.15) is 0 Å². The molecule has 2 fully saturated rings. The van der Waals surface area contributed by atoms with Gasteiger partial charge in [0.25, 0.3) is 5.91 Å². The van der Waals surface area contributed by atoms with Gasteiger partial charge in [-0.25, -0.2) is 4.79 Å². The summed E-state index contributed by atoms with van der Waals surface area (Å²) < 4.78 is 0. The molecule has 2 heterocycles. The van der Waals surface area contributed by atoms with Crippen LogP contribution in [0.5, 0.6) is 0 Å². The van der Waals surface area contributed by atoms with Crippen molar-refractivity contribution in [3.8, 4) is 0 Å². The number of nitrogens with one attached hydrogen (secondary N) is 2. The number of hydrogen-bond acceptors (Lipinski definition) is 3. The fourth-order valence-corrected chi connectivity index (χ4v) is 4.30. The van der Waals surface area contributed by atoms with Crippen LogP contribution in [0.25, 0.3) is 0 Å². The van der Waals surface area contributed by atoms with E-state index >= 15 is 0 Å². The van der Waals surface area contributed by atoms with Crippen LogP contribution in [-0.4, -0.2) is 55.0 Å². The highest BCUT2D eigenvalue weighted by Gasteiger charge is 2.20. The summed E-state index contributed by atoms with van der Waals surface area (Å²) in [4.78, 5) is 28.5. The first kappa shape index (κ1) is 20.4. The lowest BCUT2D eigenvalue weighted by Crippen LogP contribution is -2.31. The molecule has 0 aromatic heterocycles. The molecule has 0 radical (unpaired) electrons. The topological polar surface area (TPSA) is 64.7 Å². The maximum Gasteiger partial charge on any atom is 0.317 e. The van der Waals surface area contributed by atoms with E-state index in [4.69, 9.17) is 0 Å². The Balaban J connectivity index is 1.32. The molecule has 30 heavy (non-hydrogen) atoms. The molecule has 0 aliphatic carbocycles. The molecule has 1 unspecified atom stereocenters. The Labute approximate surface area is 178 Å². The largest absolute Gasteiger partial charge is 0.348 e. The van der Waals surface area contributed by atoms with Gasteiger partial charge in [-0.1, -0.05) is 36.4 Å². The number of urea groups is 1. The Morgan fingerprint density at radius 2 is 1.93 bits per heavy atom. The van der Waals surface area contributed by atoms with Gasteiger partial charge in [-0.05, 0) is 61.2 Å². The van der Waals surface area contributed by atoms with Crippen molar-refractivity contribution >= 4 is 11.9 Å². The highest BCUT2D eigenvalue weighted by atomic mass is 16.2. The molecule has 158 valence electrons. The van der Waals surface area contributed by atoms with E-state index in [9.17, 15) is 9.59 Å². The van der Waals surface area contributed by atoms with Crippen molar-refractivity contribution in [2.75, 3.05) is 33.2 Å². The maximum absolute atomic E-state index is 12.7. The molecule has 2 saturated heterocycles. The number of likely N-dealkylation sites (tertiary alicyclic amines) is 1. The van der Waals surface area contributed by atoms with Crippen molar-refractivity contribution in [1.29, 1.82) is 0 Å². The average molecular weight is 407 g/mol. The number of benzene rings is 2. The fraction of sp³-hybridized carbons (Fsp3) is 0.417. The van der Waals surface area contributed by atoms with Crippen LogP contribution < -0.4 is 10.6 Å². The van der Waals surface area contributed by atoms with Crippen LogP contribution in [0, 0.1) is 0 Å². The molecule has 6 nitrogen and oxygen atoms in total. The predicted molar refractivity (Wildman–Crippen MR) is 117 cm³/mol. The van der Waals surface area contributed by atoms with Crippen LogP contribution in [0.15, 0.2) is 48.5 Å². The van der Waals surface area contributed by atoms with Crippen molar-refractivity contribution in [3.05, 3.63) is 70.8 Å². The normalized spacial score (nSPS) is 19.6. The van der Waals surface area contributed by atoms with Gasteiger partial charge >= 0.3 is 6.03 Å². The van der Waals surface area contributed by atoms with Crippen molar-refractivity contribution in [1.82, 2.24) is 20.4 Å². The zero-order valence-corrected chi connectivity index (χ0v) is 17.6. The molecule has 6 heteroatoms. The lowest BCUT2D eigenvalue weighted by molar-refractivity contribution is 0.0950. The first-order chi connectivity index (χ1) is 14.6. The highest BCUT2D eigenvalue weighted by Crippen LogP contribution is 2.26. The molecule has 2 N–H and O–H groups in total. The van der Waals surface area contributed by atoms with Crippen LogP contribution in [0.1, 0.15) is 45.8 Å². The van der Waals surface area contributed by atoms with Crippen LogP contribution in [-0.2, 0) is 13.1 Å². The van der Waals surface area contributed by atoms with Gasteiger partial charge in [0.05, 0.1) is 0 Å². The van der Waals surface area contributed by atoms with E-state index in [1.165, 1.54) is 18.4 Å². The third-order valence-corrected chi connectivity index (χ3v) is 6.04. The number of amides is 3. The van der Waals surface area contributed by atoms with Crippen molar-refractivity contribution < 1.29 is 9.59 Å². The van der Waals surface area contributed by atoms with Gasteiger partial charge in [0.1, 0.15) is 0 Å². The molecule has 2 aliphatic heterocycles. The molecule has 2 aromatic rings. The van der Waals surface area contributed by atoms with Crippen molar-refractivity contribution in [2.45, 2.75) is 31.8 Å². The summed E-state index contributed by atoms with van der Waals surface area (Å²) in [7, 11) is 2.16. The van der Waals surface area contributed by atoms with E-state index in [1.807, 2.05) is 42.5 Å². The smallest absolute Gasteiger partial charge is 0.317 e. The van der Waals surface area contributed by atoms with Crippen molar-refractivity contribution in [2.24, 2.45) is 0 Å². The van der Waals surface area contributed by atoms with E-state index in [1.54, 1.807) is 4.90 Å². The molecule has 3 amide bonds. The van der Waals surface area contributed by atoms with Crippen LogP contribution in [0.2, 0.25) is 0 Å². The number of likely N-dealkylation sites (N-methyl/N-ethyl adjacent to an activating group) is 1. The van der Waals surface area contributed by atoms with Gasteiger partial charge in [-0.3, -0.25) is 4.79 Å². The van der Waals surface area contributed by atoms with E-state index in [0.29, 0.717) is 25.6 Å². The minimum absolute atomic E-state index is 0.00607. The summed E-state index contributed by atoms with van der Waals surface area (Å²) in [6.07, 6.45) is 2.39. The summed E-state index contributed by atoms with van der Waals surface area (Å²) in [5.41, 5.74) is 4.11. The number of carbonyl (C=O) groups is 2. The van der Waals surface area contributed by atoms with Crippen LogP contribution in [0.3, 0.4) is 0 Å². The van der Waals surface area contributed by atoms with Crippen LogP contribution >= 0.6 is 0 Å². The molecule has 2 aliphatic rings. The zero-order chi connectivity index (χ0) is 20.9. The summed E-state index contributed by atoms with van der Waals surface area (Å²) in [6.45, 7) is 4.76. The second-order valence-electron chi connectivity index (χ2n) is 8.38. The molecular weight excluding hydrogens is 376 g/mol. The minimum Gasteiger partial charge on any atom is -0.348 e. The Kier molecular flexibility index (Phi) is 6.33. The molecule has 0 bridgehead atoms. The molecule has 4 rings (SSSR count). The van der Waals surface area contributed by atoms with E-state index in [-0.39, 0.29) is 11.9 Å². The molecule has 1 atom stereocenters. The number of rotatable bonds is 6. The standard InChI is InChI=1S/C24H30N4O2/c1-27-12-3-6-22(17-27)20-4-2-5-21(14-20)23(29)26-15-18-7-9-19(10-8-18)16-28-13-11-25-24(28)30/h2,4-5,7-10,14,22H,3,6,11-13,15-17H2,1H3,(H,25,30)(H,26,29). The van der Waals surface area contributed by atoms with E-state index in [0.717, 1.165) is 36.3 Å². The minimum atomic E-state index is -0.0428. The molecule has 0 saturated carbocycles. The second-order valence-corrected chi connectivity index (χ2v) is 8.38. The van der Waals surface area contributed by atoms with E-state index < -0.39 is 0 Å². The quantitative estimate of drug-likeness (QED) is 0.775. The Bertz CT molecular complexity index is 896. The predicted octanol–water partition coefficient (Wildman–Crippen LogP) is 2.95. The van der Waals surface area contributed by atoms with Crippen LogP contribution in [0.4, 0.5) is 4.79 Å². The van der Waals surface area contributed by atoms with Crippen molar-refractivity contribution in [3.63, 3.8) is 0 Å². The molecule has 0 spiro atoms. The first-order valence-corrected chi connectivity index (χ1v) is 10.8. The second kappa shape index (κ2) is 9.30. The van der Waals surface area contributed by atoms with Gasteiger partial charge in [-0.15, -0.1) is 0 Å². The summed E-state index contributed by atoms with van der Waals surface area (Å²) in [5, 5.41) is 5.84. The Hall–Kier alpha value is -2.86. The summed E-state index contributed by atoms with van der Waals surface area (Å²) in [6, 6.07) is 16.1. The van der Waals surface area contributed by atoms with Gasteiger partial charge < -0.3 is 20.4 Å². The summed E-state index contributed by atoms with van der Waals surface area (Å²) in [5.74, 6) is 0.459. The third kappa shape index (κ3) is 5.00. The molecule has 2 aromatic carbocycles. The monoisotopic (exact) mass is 406 g/mol. The lowest BCUT2D eigenvalue weighted by atomic mass is 9.90. The lowest BCUT2D eigenvalue weighted by Gasteiger charge is -2.30. The van der Waals surface area contributed by atoms with Gasteiger partial charge in [0, 0.05) is 38.3 Å². The Morgan fingerprint density at radius 1 is 1.13 bits per heavy atom. The van der Waals surface area contributed by atoms with E-state index in [2.05, 4.69) is 28.6 Å². The number of hydrogen-bond donors (Lipinski definition) is 2.